The van der Waals surface area contributed by atoms with E-state index >= 15 is 0 Å². The third kappa shape index (κ3) is 4.94. The predicted molar refractivity (Wildman–Crippen MR) is 132 cm³/mol. The summed E-state index contributed by atoms with van der Waals surface area (Å²) >= 11 is 5.78. The van der Waals surface area contributed by atoms with Crippen molar-refractivity contribution >= 4 is 46.3 Å². The van der Waals surface area contributed by atoms with Gasteiger partial charge in [-0.3, -0.25) is 9.36 Å². The van der Waals surface area contributed by atoms with E-state index in [2.05, 4.69) is 25.6 Å². The number of imidazole rings is 1. The summed E-state index contributed by atoms with van der Waals surface area (Å²) in [6.45, 7) is 0. The van der Waals surface area contributed by atoms with Crippen LogP contribution in [0.25, 0.3) is 11.2 Å². The van der Waals surface area contributed by atoms with Crippen molar-refractivity contribution in [2.75, 3.05) is 10.6 Å². The molecule has 0 aliphatic heterocycles. The van der Waals surface area contributed by atoms with Crippen molar-refractivity contribution in [1.82, 2.24) is 19.5 Å². The van der Waals surface area contributed by atoms with E-state index in [1.165, 1.54) is 0 Å². The predicted octanol–water partition coefficient (Wildman–Crippen LogP) is 4.43. The number of hydrogen-bond acceptors (Lipinski definition) is 7. The smallest absolute Gasteiger partial charge is 0.225 e. The van der Waals surface area contributed by atoms with Gasteiger partial charge in [0.25, 0.3) is 0 Å². The lowest BCUT2D eigenvalue weighted by molar-refractivity contribution is -0.122. The molecule has 0 bridgehead atoms. The van der Waals surface area contributed by atoms with Crippen LogP contribution < -0.4 is 16.4 Å². The molecule has 5 N–H and O–H groups in total. The zero-order chi connectivity index (χ0) is 25.4. The quantitative estimate of drug-likeness (QED) is 0.379. The number of nitrogens with one attached hydrogen (secondary N) is 2. The van der Waals surface area contributed by atoms with Gasteiger partial charge in [0.2, 0.25) is 17.8 Å². The summed E-state index contributed by atoms with van der Waals surface area (Å²) in [5, 5.41) is 16.3. The van der Waals surface area contributed by atoms with Gasteiger partial charge in [-0.25, -0.2) is 18.7 Å². The van der Waals surface area contributed by atoms with Gasteiger partial charge in [0.05, 0.1) is 18.3 Å². The number of benzene rings is 1. The molecule has 2 aliphatic rings. The Kier molecular flexibility index (Phi) is 6.94. The van der Waals surface area contributed by atoms with Crippen LogP contribution in [-0.2, 0) is 4.79 Å². The van der Waals surface area contributed by atoms with E-state index in [-0.39, 0.29) is 40.6 Å². The molecule has 0 spiro atoms. The molecular formula is C24H28ClF2N7O2. The highest BCUT2D eigenvalue weighted by molar-refractivity contribution is 6.30. The zero-order valence-corrected chi connectivity index (χ0v) is 20.3. The molecular weight excluding hydrogens is 492 g/mol. The summed E-state index contributed by atoms with van der Waals surface area (Å²) in [6.07, 6.45) is 6.98. The van der Waals surface area contributed by atoms with E-state index in [1.807, 2.05) is 4.57 Å². The number of anilines is 3. The molecule has 1 amide bonds. The van der Waals surface area contributed by atoms with Crippen molar-refractivity contribution in [2.24, 2.45) is 11.7 Å². The number of nitrogens with zero attached hydrogens (tertiary/aromatic N) is 4. The second-order valence-electron chi connectivity index (χ2n) is 9.59. The van der Waals surface area contributed by atoms with Gasteiger partial charge < -0.3 is 21.5 Å². The Morgan fingerprint density at radius 1 is 1.08 bits per heavy atom. The molecule has 3 aromatic rings. The van der Waals surface area contributed by atoms with Gasteiger partial charge in [0, 0.05) is 17.0 Å². The van der Waals surface area contributed by atoms with Gasteiger partial charge in [-0.2, -0.15) is 4.98 Å². The van der Waals surface area contributed by atoms with E-state index in [4.69, 9.17) is 17.3 Å². The summed E-state index contributed by atoms with van der Waals surface area (Å²) in [5.74, 6) is -1.69. The summed E-state index contributed by atoms with van der Waals surface area (Å²) in [4.78, 5) is 25.3. The van der Waals surface area contributed by atoms with Gasteiger partial charge in [0.1, 0.15) is 11.2 Å². The number of aliphatic hydroxyl groups is 1. The molecule has 192 valence electrons. The molecule has 1 aromatic carbocycles. The van der Waals surface area contributed by atoms with Gasteiger partial charge in [-0.1, -0.05) is 24.4 Å². The van der Waals surface area contributed by atoms with Gasteiger partial charge >= 0.3 is 0 Å². The number of aliphatic hydroxyl groups excluding tert-OH is 1. The molecule has 12 heteroatoms. The van der Waals surface area contributed by atoms with E-state index in [0.29, 0.717) is 49.2 Å². The summed E-state index contributed by atoms with van der Waals surface area (Å²) in [6, 6.07) is 1.76. The highest BCUT2D eigenvalue weighted by Crippen LogP contribution is 2.38. The van der Waals surface area contributed by atoms with Crippen LogP contribution in [0, 0.1) is 17.6 Å². The first-order valence-corrected chi connectivity index (χ1v) is 12.6. The largest absolute Gasteiger partial charge is 0.391 e. The maximum atomic E-state index is 14.6. The number of aromatic nitrogens is 4. The van der Waals surface area contributed by atoms with Gasteiger partial charge in [0.15, 0.2) is 17.3 Å². The molecule has 0 radical (unpaired) electrons. The molecule has 5 rings (SSSR count). The molecule has 36 heavy (non-hydrogen) atoms. The van der Waals surface area contributed by atoms with Crippen LogP contribution in [-0.4, -0.2) is 42.7 Å². The SMILES string of the molecule is NC(=O)[C@H]1CC[C@H](n2c(Nc3c(F)cc(Cl)cc3F)nc3cnc(N[C@H]4CCCC[C@H]4O)nc32)CC1. The number of primary amides is 1. The van der Waals surface area contributed by atoms with Crippen molar-refractivity contribution in [3.63, 3.8) is 0 Å². The normalized spacial score (nSPS) is 24.6. The van der Waals surface area contributed by atoms with E-state index < -0.39 is 17.7 Å². The Morgan fingerprint density at radius 2 is 1.78 bits per heavy atom. The Morgan fingerprint density at radius 3 is 2.44 bits per heavy atom. The van der Waals surface area contributed by atoms with Crippen LogP contribution in [0.5, 0.6) is 0 Å². The Labute approximate surface area is 211 Å². The molecule has 2 fully saturated rings. The minimum Gasteiger partial charge on any atom is -0.391 e. The fourth-order valence-electron chi connectivity index (χ4n) is 5.23. The fraction of sp³-hybridized carbons (Fsp3) is 0.500. The van der Waals surface area contributed by atoms with Crippen molar-refractivity contribution < 1.29 is 18.7 Å². The van der Waals surface area contributed by atoms with Crippen molar-refractivity contribution in [2.45, 2.75) is 69.6 Å². The van der Waals surface area contributed by atoms with E-state index in [9.17, 15) is 18.7 Å². The molecule has 0 unspecified atom stereocenters. The summed E-state index contributed by atoms with van der Waals surface area (Å²) < 4.78 is 31.0. The molecule has 9 nitrogen and oxygen atoms in total. The van der Waals surface area contributed by atoms with Crippen LogP contribution in [0.15, 0.2) is 18.3 Å². The first-order valence-electron chi connectivity index (χ1n) is 12.2. The number of halogens is 3. The summed E-state index contributed by atoms with van der Waals surface area (Å²) in [7, 11) is 0. The topological polar surface area (TPSA) is 131 Å². The van der Waals surface area contributed by atoms with Crippen LogP contribution >= 0.6 is 11.6 Å². The highest BCUT2D eigenvalue weighted by Gasteiger charge is 2.30. The number of hydrogen-bond donors (Lipinski definition) is 4. The minimum absolute atomic E-state index is 0.0553. The van der Waals surface area contributed by atoms with Crippen molar-refractivity contribution in [3.8, 4) is 0 Å². The molecule has 2 aliphatic carbocycles. The molecule has 2 atom stereocenters. The third-order valence-electron chi connectivity index (χ3n) is 7.18. The van der Waals surface area contributed by atoms with Crippen LogP contribution in [0.2, 0.25) is 5.02 Å². The number of amides is 1. The first-order chi connectivity index (χ1) is 17.3. The monoisotopic (exact) mass is 519 g/mol. The molecule has 0 saturated heterocycles. The van der Waals surface area contributed by atoms with E-state index in [1.54, 1.807) is 6.20 Å². The lowest BCUT2D eigenvalue weighted by atomic mass is 9.85. The minimum atomic E-state index is -0.851. The maximum Gasteiger partial charge on any atom is 0.225 e. The van der Waals surface area contributed by atoms with Crippen LogP contribution in [0.1, 0.15) is 57.4 Å². The van der Waals surface area contributed by atoms with Crippen molar-refractivity contribution in [1.29, 1.82) is 0 Å². The van der Waals surface area contributed by atoms with Crippen LogP contribution in [0.4, 0.5) is 26.4 Å². The standard InChI is InChI=1S/C24H28ClF2N7O2/c25-13-9-15(26)20(16(27)10-13)32-24-31-18-11-29-23(30-17-3-1-2-4-19(17)35)33-22(18)34(24)14-7-5-12(6-8-14)21(28)36/h9-12,14,17,19,35H,1-8H2,(H2,28,36)(H,31,32)(H,29,30,33)/t12-,14-,17-,19+/m0/s1. The van der Waals surface area contributed by atoms with Crippen LogP contribution in [0.3, 0.4) is 0 Å². The average Bonchev–Trinajstić information content (AvgIpc) is 3.20. The first kappa shape index (κ1) is 24.6. The van der Waals surface area contributed by atoms with Crippen molar-refractivity contribution in [3.05, 3.63) is 35.0 Å². The third-order valence-corrected chi connectivity index (χ3v) is 7.40. The van der Waals surface area contributed by atoms with Gasteiger partial charge in [-0.15, -0.1) is 0 Å². The molecule has 2 aromatic heterocycles. The molecule has 2 saturated carbocycles. The number of carbonyl (C=O) groups is 1. The number of fused-ring (bicyclic) bond motifs is 1. The maximum absolute atomic E-state index is 14.6. The summed E-state index contributed by atoms with van der Waals surface area (Å²) in [5.41, 5.74) is 6.06. The lowest BCUT2D eigenvalue weighted by Gasteiger charge is -2.29. The number of rotatable bonds is 6. The Hall–Kier alpha value is -3.05. The highest BCUT2D eigenvalue weighted by atomic mass is 35.5. The Bertz CT molecular complexity index is 1260. The van der Waals surface area contributed by atoms with E-state index in [0.717, 1.165) is 31.4 Å². The fourth-order valence-corrected chi connectivity index (χ4v) is 5.42. The second-order valence-corrected chi connectivity index (χ2v) is 10.0. The average molecular weight is 520 g/mol. The zero-order valence-electron chi connectivity index (χ0n) is 19.6. The molecule has 2 heterocycles. The van der Waals surface area contributed by atoms with Gasteiger partial charge in [-0.05, 0) is 50.7 Å². The lowest BCUT2D eigenvalue weighted by Crippen LogP contribution is -2.36. The number of nitrogens with two attached hydrogens (primary N) is 1. The second kappa shape index (κ2) is 10.1. The Balaban J connectivity index is 1.53. The number of carbonyl (C=O) groups excluding carboxylic acids is 1.